The van der Waals surface area contributed by atoms with Crippen molar-refractivity contribution in [3.63, 3.8) is 0 Å². The predicted octanol–water partition coefficient (Wildman–Crippen LogP) is 3.93. The fourth-order valence-corrected chi connectivity index (χ4v) is 1.96. The van der Waals surface area contributed by atoms with E-state index in [2.05, 4.69) is 43.1 Å². The molecule has 0 bridgehead atoms. The number of ether oxygens (including phenoxy) is 1. The fourth-order valence-electron chi connectivity index (χ4n) is 1.96. The monoisotopic (exact) mass is 259 g/mol. The summed E-state index contributed by atoms with van der Waals surface area (Å²) < 4.78 is 5.63. The largest absolute Gasteiger partial charge is 0.493 e. The average Bonchev–Trinajstić information content (AvgIpc) is 2.46. The van der Waals surface area contributed by atoms with Gasteiger partial charge >= 0.3 is 0 Å². The Morgan fingerprint density at radius 1 is 1.21 bits per heavy atom. The first-order valence-corrected chi connectivity index (χ1v) is 7.17. The first-order valence-electron chi connectivity index (χ1n) is 7.17. The number of hydrogen-bond donors (Lipinski definition) is 1. The molecule has 19 heavy (non-hydrogen) atoms. The molecule has 2 heteroatoms. The van der Waals surface area contributed by atoms with Crippen molar-refractivity contribution in [3.05, 3.63) is 29.8 Å². The van der Waals surface area contributed by atoms with Crippen molar-refractivity contribution >= 4 is 0 Å². The summed E-state index contributed by atoms with van der Waals surface area (Å²) in [5, 5.41) is 3.56. The van der Waals surface area contributed by atoms with E-state index in [9.17, 15) is 0 Å². The second kappa shape index (κ2) is 9.47. The lowest BCUT2D eigenvalue weighted by atomic mass is 10.0. The van der Waals surface area contributed by atoms with Crippen molar-refractivity contribution in [3.8, 4) is 17.6 Å². The lowest BCUT2D eigenvalue weighted by Gasteiger charge is -2.17. The highest BCUT2D eigenvalue weighted by molar-refractivity contribution is 5.29. The number of benzene rings is 1. The van der Waals surface area contributed by atoms with Gasteiger partial charge in [0.15, 0.2) is 0 Å². The van der Waals surface area contributed by atoms with Gasteiger partial charge in [-0.1, -0.05) is 26.0 Å². The Bertz CT molecular complexity index is 400. The number of hydrogen-bond acceptors (Lipinski definition) is 2. The van der Waals surface area contributed by atoms with Crippen LogP contribution in [0.3, 0.4) is 0 Å². The molecule has 0 aliphatic rings. The molecule has 2 nitrogen and oxygen atoms in total. The molecule has 0 radical (unpaired) electrons. The van der Waals surface area contributed by atoms with Crippen LogP contribution in [0.25, 0.3) is 0 Å². The van der Waals surface area contributed by atoms with E-state index < -0.39 is 0 Å². The summed E-state index contributed by atoms with van der Waals surface area (Å²) in [4.78, 5) is 0. The van der Waals surface area contributed by atoms with E-state index in [1.807, 2.05) is 19.1 Å². The third-order valence-electron chi connectivity index (χ3n) is 3.00. The molecule has 1 aromatic rings. The molecule has 0 amide bonds. The first-order chi connectivity index (χ1) is 9.31. The second-order valence-corrected chi connectivity index (χ2v) is 4.51. The van der Waals surface area contributed by atoms with Crippen LogP contribution in [-0.4, -0.2) is 13.2 Å². The van der Waals surface area contributed by atoms with Crippen LogP contribution < -0.4 is 10.1 Å². The zero-order valence-electron chi connectivity index (χ0n) is 12.3. The van der Waals surface area contributed by atoms with Gasteiger partial charge in [-0.3, -0.25) is 0 Å². The van der Waals surface area contributed by atoms with E-state index in [4.69, 9.17) is 4.74 Å². The zero-order valence-corrected chi connectivity index (χ0v) is 12.3. The van der Waals surface area contributed by atoms with Gasteiger partial charge in [-0.25, -0.2) is 0 Å². The van der Waals surface area contributed by atoms with Gasteiger partial charge in [0.2, 0.25) is 0 Å². The Kier molecular flexibility index (Phi) is 7.77. The normalized spacial score (nSPS) is 11.5. The van der Waals surface area contributed by atoms with Crippen molar-refractivity contribution in [2.45, 2.75) is 46.1 Å². The van der Waals surface area contributed by atoms with E-state index >= 15 is 0 Å². The summed E-state index contributed by atoms with van der Waals surface area (Å²) in [5.74, 6) is 6.79. The smallest absolute Gasteiger partial charge is 0.119 e. The molecule has 0 aromatic heterocycles. The summed E-state index contributed by atoms with van der Waals surface area (Å²) in [5.41, 5.74) is 1.33. The van der Waals surface area contributed by atoms with Gasteiger partial charge in [-0.15, -0.1) is 11.8 Å². The van der Waals surface area contributed by atoms with Gasteiger partial charge in [0.1, 0.15) is 5.75 Å². The summed E-state index contributed by atoms with van der Waals surface area (Å²) in [6.07, 6.45) is 3.05. The highest BCUT2D eigenvalue weighted by Gasteiger charge is 2.07. The van der Waals surface area contributed by atoms with Gasteiger partial charge in [-0.2, -0.15) is 0 Å². The maximum atomic E-state index is 5.63. The SMILES string of the molecule is CC#CCCOc1ccc(C(CC)NCCC)cc1. The van der Waals surface area contributed by atoms with Gasteiger partial charge in [0.25, 0.3) is 0 Å². The van der Waals surface area contributed by atoms with Gasteiger partial charge < -0.3 is 10.1 Å². The van der Waals surface area contributed by atoms with E-state index in [0.29, 0.717) is 12.6 Å². The van der Waals surface area contributed by atoms with Crippen molar-refractivity contribution in [2.75, 3.05) is 13.2 Å². The van der Waals surface area contributed by atoms with E-state index in [0.717, 1.165) is 31.6 Å². The maximum absolute atomic E-state index is 5.63. The van der Waals surface area contributed by atoms with E-state index in [1.165, 1.54) is 5.56 Å². The Balaban J connectivity index is 2.50. The van der Waals surface area contributed by atoms with Crippen LogP contribution in [0, 0.1) is 11.8 Å². The average molecular weight is 259 g/mol. The highest BCUT2D eigenvalue weighted by atomic mass is 16.5. The minimum Gasteiger partial charge on any atom is -0.493 e. The molecule has 0 saturated carbocycles. The standard InChI is InChI=1S/C17H25NO/c1-4-7-8-14-19-16-11-9-15(10-12-16)17(6-3)18-13-5-2/h9-12,17-18H,5-6,8,13-14H2,1-3H3. The molecule has 1 rings (SSSR count). The minimum atomic E-state index is 0.444. The molecule has 0 heterocycles. The van der Waals surface area contributed by atoms with Crippen LogP contribution in [-0.2, 0) is 0 Å². The molecule has 0 spiro atoms. The number of rotatable bonds is 8. The van der Waals surface area contributed by atoms with Crippen molar-refractivity contribution in [2.24, 2.45) is 0 Å². The molecule has 1 N–H and O–H groups in total. The van der Waals surface area contributed by atoms with E-state index in [-0.39, 0.29) is 0 Å². The van der Waals surface area contributed by atoms with Crippen LogP contribution in [0.2, 0.25) is 0 Å². The summed E-state index contributed by atoms with van der Waals surface area (Å²) in [7, 11) is 0. The molecular formula is C17H25NO. The lowest BCUT2D eigenvalue weighted by molar-refractivity contribution is 0.327. The number of nitrogens with one attached hydrogen (secondary N) is 1. The Labute approximate surface area is 117 Å². The molecule has 0 saturated heterocycles. The Morgan fingerprint density at radius 2 is 1.95 bits per heavy atom. The predicted molar refractivity (Wildman–Crippen MR) is 81.3 cm³/mol. The van der Waals surface area contributed by atoms with Crippen LogP contribution in [0.5, 0.6) is 5.75 Å². The summed E-state index contributed by atoms with van der Waals surface area (Å²) in [6, 6.07) is 8.84. The van der Waals surface area contributed by atoms with Crippen molar-refractivity contribution in [1.29, 1.82) is 0 Å². The highest BCUT2D eigenvalue weighted by Crippen LogP contribution is 2.20. The van der Waals surface area contributed by atoms with Crippen LogP contribution in [0.1, 0.15) is 51.6 Å². The van der Waals surface area contributed by atoms with Crippen LogP contribution in [0.4, 0.5) is 0 Å². The molecule has 0 aliphatic carbocycles. The van der Waals surface area contributed by atoms with Crippen molar-refractivity contribution < 1.29 is 4.74 Å². The zero-order chi connectivity index (χ0) is 13.9. The van der Waals surface area contributed by atoms with Gasteiger partial charge in [-0.05, 0) is 44.0 Å². The summed E-state index contributed by atoms with van der Waals surface area (Å²) >= 11 is 0. The maximum Gasteiger partial charge on any atom is 0.119 e. The molecule has 0 fully saturated rings. The quantitative estimate of drug-likeness (QED) is 0.564. The molecule has 1 atom stereocenters. The van der Waals surface area contributed by atoms with Gasteiger partial charge in [0, 0.05) is 12.5 Å². The Morgan fingerprint density at radius 3 is 2.53 bits per heavy atom. The minimum absolute atomic E-state index is 0.444. The Hall–Kier alpha value is -1.46. The lowest BCUT2D eigenvalue weighted by Crippen LogP contribution is -2.21. The molecule has 0 aliphatic heterocycles. The second-order valence-electron chi connectivity index (χ2n) is 4.51. The molecule has 104 valence electrons. The van der Waals surface area contributed by atoms with E-state index in [1.54, 1.807) is 0 Å². The molecule has 1 aromatic carbocycles. The van der Waals surface area contributed by atoms with Gasteiger partial charge in [0.05, 0.1) is 6.61 Å². The third-order valence-corrected chi connectivity index (χ3v) is 3.00. The van der Waals surface area contributed by atoms with Crippen LogP contribution >= 0.6 is 0 Å². The molecular weight excluding hydrogens is 234 g/mol. The van der Waals surface area contributed by atoms with Crippen LogP contribution in [0.15, 0.2) is 24.3 Å². The summed E-state index contributed by atoms with van der Waals surface area (Å²) in [6.45, 7) is 7.97. The van der Waals surface area contributed by atoms with Crippen molar-refractivity contribution in [1.82, 2.24) is 5.32 Å². The topological polar surface area (TPSA) is 21.3 Å². The fraction of sp³-hybridized carbons (Fsp3) is 0.529. The first kappa shape index (κ1) is 15.6. The molecule has 1 unspecified atom stereocenters. The third kappa shape index (κ3) is 5.81.